The van der Waals surface area contributed by atoms with E-state index in [9.17, 15) is 0 Å². The normalized spacial score (nSPS) is 18.5. The zero-order valence-corrected chi connectivity index (χ0v) is 18.8. The fourth-order valence-electron chi connectivity index (χ4n) is 4.65. The van der Waals surface area contributed by atoms with Crippen LogP contribution in [0.5, 0.6) is 0 Å². The average Bonchev–Trinajstić information content (AvgIpc) is 2.78. The molecule has 0 spiro atoms. The molecule has 6 heteroatoms. The van der Waals surface area contributed by atoms with Gasteiger partial charge in [-0.15, -0.1) is 0 Å². The minimum absolute atomic E-state index is 0.547. The molecular weight excluding hydrogens is 386 g/mol. The first-order valence-corrected chi connectivity index (χ1v) is 11.6. The molecule has 0 aliphatic carbocycles. The average molecular weight is 422 g/mol. The summed E-state index contributed by atoms with van der Waals surface area (Å²) < 4.78 is 5.49. The Morgan fingerprint density at radius 2 is 1.77 bits per heavy atom. The van der Waals surface area contributed by atoms with E-state index in [4.69, 9.17) is 20.5 Å². The third-order valence-corrected chi connectivity index (χ3v) is 6.51. The summed E-state index contributed by atoms with van der Waals surface area (Å²) in [6.45, 7) is 7.55. The Morgan fingerprint density at radius 1 is 1.06 bits per heavy atom. The van der Waals surface area contributed by atoms with Crippen LogP contribution in [0.2, 0.25) is 0 Å². The van der Waals surface area contributed by atoms with Gasteiger partial charge in [0.25, 0.3) is 0 Å². The Morgan fingerprint density at radius 3 is 2.48 bits per heavy atom. The number of hydrogen-bond donors (Lipinski definition) is 3. The maximum Gasteiger partial charge on any atom is 0.138 e. The molecule has 0 atom stereocenters. The van der Waals surface area contributed by atoms with E-state index >= 15 is 0 Å². The highest BCUT2D eigenvalue weighted by Gasteiger charge is 2.26. The monoisotopic (exact) mass is 421 g/mol. The van der Waals surface area contributed by atoms with Gasteiger partial charge in [0.15, 0.2) is 0 Å². The summed E-state index contributed by atoms with van der Waals surface area (Å²) in [4.78, 5) is 7.39. The van der Waals surface area contributed by atoms with Crippen molar-refractivity contribution in [1.82, 2.24) is 10.3 Å². The second kappa shape index (κ2) is 9.88. The zero-order chi connectivity index (χ0) is 21.8. The van der Waals surface area contributed by atoms with Gasteiger partial charge in [-0.2, -0.15) is 0 Å². The van der Waals surface area contributed by atoms with Crippen LogP contribution < -0.4 is 10.2 Å². The summed E-state index contributed by atoms with van der Waals surface area (Å²) in [7, 11) is 0. The van der Waals surface area contributed by atoms with E-state index in [1.54, 1.807) is 0 Å². The van der Waals surface area contributed by atoms with Crippen molar-refractivity contribution in [3.05, 3.63) is 35.4 Å². The van der Waals surface area contributed by atoms with Crippen LogP contribution in [0.15, 0.2) is 24.3 Å². The van der Waals surface area contributed by atoms with Crippen LogP contribution in [-0.4, -0.2) is 54.8 Å². The first-order chi connectivity index (χ1) is 15.0. The molecule has 4 rings (SSSR count). The molecule has 2 aliphatic rings. The van der Waals surface area contributed by atoms with Gasteiger partial charge in [0.2, 0.25) is 0 Å². The van der Waals surface area contributed by atoms with Crippen LogP contribution in [0.1, 0.15) is 56.6 Å². The second-order valence-electron chi connectivity index (χ2n) is 9.13. The Labute approximate surface area is 185 Å². The van der Waals surface area contributed by atoms with Gasteiger partial charge in [0.1, 0.15) is 5.82 Å². The Bertz CT molecular complexity index is 942. The third kappa shape index (κ3) is 5.49. The fourth-order valence-corrected chi connectivity index (χ4v) is 4.65. The largest absolute Gasteiger partial charge is 0.381 e. The van der Waals surface area contributed by atoms with Gasteiger partial charge in [-0.3, -0.25) is 0 Å². The number of nitrogens with zero attached hydrogens (tertiary/aromatic N) is 2. The van der Waals surface area contributed by atoms with E-state index in [-0.39, 0.29) is 0 Å². The molecule has 2 saturated heterocycles. The summed E-state index contributed by atoms with van der Waals surface area (Å²) in [5, 5.41) is 21.4. The number of rotatable bonds is 7. The Balaban J connectivity index is 1.52. The van der Waals surface area contributed by atoms with Crippen LogP contribution >= 0.6 is 0 Å². The zero-order valence-electron chi connectivity index (χ0n) is 18.8. The molecule has 166 valence electrons. The predicted octanol–water partition coefficient (Wildman–Crippen LogP) is 4.47. The molecule has 2 aliphatic heterocycles. The summed E-state index contributed by atoms with van der Waals surface area (Å²) in [6.07, 6.45) is 5.62. The number of hydrogen-bond acceptors (Lipinski definition) is 6. The number of piperidine rings is 1. The molecule has 0 bridgehead atoms. The summed E-state index contributed by atoms with van der Waals surface area (Å²) in [6, 6.07) is 9.61. The van der Waals surface area contributed by atoms with Crippen LogP contribution in [0.3, 0.4) is 0 Å². The molecule has 3 heterocycles. The highest BCUT2D eigenvalue weighted by atomic mass is 16.5. The van der Waals surface area contributed by atoms with Crippen LogP contribution in [0.4, 0.5) is 5.82 Å². The van der Waals surface area contributed by atoms with Crippen molar-refractivity contribution in [2.24, 2.45) is 0 Å². The van der Waals surface area contributed by atoms with E-state index in [0.717, 1.165) is 74.3 Å². The minimum Gasteiger partial charge on any atom is -0.381 e. The van der Waals surface area contributed by atoms with Gasteiger partial charge < -0.3 is 25.8 Å². The molecule has 0 amide bonds. The molecule has 0 saturated carbocycles. The van der Waals surface area contributed by atoms with Crippen molar-refractivity contribution in [3.63, 3.8) is 0 Å². The molecule has 1 aromatic heterocycles. The fraction of sp³-hybridized carbons (Fsp3) is 0.560. The maximum atomic E-state index is 8.73. The second-order valence-corrected chi connectivity index (χ2v) is 9.13. The summed E-state index contributed by atoms with van der Waals surface area (Å²) in [5.41, 5.74) is 4.32. The first-order valence-electron chi connectivity index (χ1n) is 11.6. The molecule has 0 radical (unpaired) electrons. The van der Waals surface area contributed by atoms with Crippen molar-refractivity contribution < 1.29 is 4.74 Å². The maximum absolute atomic E-state index is 8.73. The molecule has 2 aromatic rings. The lowest BCUT2D eigenvalue weighted by atomic mass is 9.98. The van der Waals surface area contributed by atoms with Crippen molar-refractivity contribution in [1.29, 1.82) is 10.8 Å². The molecule has 6 nitrogen and oxygen atoms in total. The van der Waals surface area contributed by atoms with Gasteiger partial charge in [-0.1, -0.05) is 11.6 Å². The van der Waals surface area contributed by atoms with Gasteiger partial charge in [-0.05, 0) is 70.6 Å². The van der Waals surface area contributed by atoms with Crippen molar-refractivity contribution in [2.75, 3.05) is 31.2 Å². The molecule has 31 heavy (non-hydrogen) atoms. The van der Waals surface area contributed by atoms with E-state index in [1.807, 2.05) is 6.92 Å². The summed E-state index contributed by atoms with van der Waals surface area (Å²) in [5.74, 6) is 0.938. The van der Waals surface area contributed by atoms with E-state index in [0.29, 0.717) is 36.3 Å². The lowest BCUT2D eigenvalue weighted by molar-refractivity contribution is 0.0738. The number of nitrogens with one attached hydrogen (secondary N) is 3. The predicted molar refractivity (Wildman–Crippen MR) is 128 cm³/mol. The highest BCUT2D eigenvalue weighted by molar-refractivity contribution is 6.06. The smallest absolute Gasteiger partial charge is 0.138 e. The standard InChI is InChI=1S/C25H35N5O/c1-17-3-6-24-19(15-17)16-22(23(27)5-4-18(2)26)25(29-24)30-11-7-20(8-12-30)28-21-9-13-31-14-10-21/h3,6,15-16,20-21,26-28H,4-5,7-14H2,1-2H3. The molecular formula is C25H35N5O. The molecule has 1 aromatic carbocycles. The van der Waals surface area contributed by atoms with Gasteiger partial charge in [0, 0.05) is 60.8 Å². The number of aryl methyl sites for hydroxylation is 1. The van der Waals surface area contributed by atoms with Crippen molar-refractivity contribution >= 4 is 28.1 Å². The molecule has 0 unspecified atom stereocenters. The number of anilines is 1. The number of aromatic nitrogens is 1. The van der Waals surface area contributed by atoms with Gasteiger partial charge >= 0.3 is 0 Å². The van der Waals surface area contributed by atoms with Gasteiger partial charge in [-0.25, -0.2) is 4.98 Å². The van der Waals surface area contributed by atoms with Crippen LogP contribution in [0, 0.1) is 17.7 Å². The first kappa shape index (κ1) is 21.9. The van der Waals surface area contributed by atoms with E-state index in [1.165, 1.54) is 5.56 Å². The van der Waals surface area contributed by atoms with Crippen molar-refractivity contribution in [2.45, 2.75) is 64.5 Å². The van der Waals surface area contributed by atoms with E-state index < -0.39 is 0 Å². The third-order valence-electron chi connectivity index (χ3n) is 6.51. The van der Waals surface area contributed by atoms with Gasteiger partial charge in [0.05, 0.1) is 5.52 Å². The Kier molecular flexibility index (Phi) is 6.98. The molecule has 3 N–H and O–H groups in total. The lowest BCUT2D eigenvalue weighted by Gasteiger charge is -2.37. The Hall–Kier alpha value is -2.31. The number of fused-ring (bicyclic) bond motifs is 1. The number of ether oxygens (including phenoxy) is 1. The van der Waals surface area contributed by atoms with Crippen LogP contribution in [0.25, 0.3) is 10.9 Å². The number of pyridine rings is 1. The SMILES string of the molecule is CC(=N)CCC(=N)c1cc2cc(C)ccc2nc1N1CCC(NC2CCOCC2)CC1. The highest BCUT2D eigenvalue weighted by Crippen LogP contribution is 2.28. The minimum atomic E-state index is 0.547. The quantitative estimate of drug-likeness (QED) is 0.576. The lowest BCUT2D eigenvalue weighted by Crippen LogP contribution is -2.48. The topological polar surface area (TPSA) is 85.1 Å². The number of benzene rings is 1. The van der Waals surface area contributed by atoms with Crippen LogP contribution in [-0.2, 0) is 4.74 Å². The van der Waals surface area contributed by atoms with Crippen molar-refractivity contribution in [3.8, 4) is 0 Å². The van der Waals surface area contributed by atoms with E-state index in [2.05, 4.69) is 41.4 Å². The molecule has 2 fully saturated rings. The summed E-state index contributed by atoms with van der Waals surface area (Å²) >= 11 is 0.